The van der Waals surface area contributed by atoms with Gasteiger partial charge < -0.3 is 0 Å². The fraction of sp³-hybridized carbons (Fsp3) is 0.133. The molecule has 0 aliphatic rings. The van der Waals surface area contributed by atoms with Crippen molar-refractivity contribution < 1.29 is 18.0 Å². The standard InChI is InChI=1S/C15H10ClF3OS/c16-14-4-2-1-3-11(14)9-21-12-6-5-10(8-20)13(7-12)15(17,18)19/h1-8H,9H2. The van der Waals surface area contributed by atoms with Gasteiger partial charge >= 0.3 is 6.18 Å². The van der Waals surface area contributed by atoms with Gasteiger partial charge in [-0.2, -0.15) is 13.2 Å². The minimum Gasteiger partial charge on any atom is -0.298 e. The third-order valence-corrected chi connectivity index (χ3v) is 4.22. The van der Waals surface area contributed by atoms with E-state index in [2.05, 4.69) is 0 Å². The number of alkyl halides is 3. The maximum atomic E-state index is 12.9. The van der Waals surface area contributed by atoms with Crippen LogP contribution in [0.15, 0.2) is 47.4 Å². The molecule has 0 atom stereocenters. The van der Waals surface area contributed by atoms with Crippen molar-refractivity contribution >= 4 is 29.6 Å². The summed E-state index contributed by atoms with van der Waals surface area (Å²) in [5, 5.41) is 0.575. The third kappa shape index (κ3) is 4.02. The van der Waals surface area contributed by atoms with E-state index in [4.69, 9.17) is 11.6 Å². The summed E-state index contributed by atoms with van der Waals surface area (Å²) in [5.41, 5.74) is -0.427. The summed E-state index contributed by atoms with van der Waals surface area (Å²) in [6.07, 6.45) is -4.33. The van der Waals surface area contributed by atoms with Gasteiger partial charge in [-0.25, -0.2) is 0 Å². The van der Waals surface area contributed by atoms with Crippen molar-refractivity contribution in [1.82, 2.24) is 0 Å². The Labute approximate surface area is 129 Å². The highest BCUT2D eigenvalue weighted by molar-refractivity contribution is 7.98. The lowest BCUT2D eigenvalue weighted by atomic mass is 10.1. The van der Waals surface area contributed by atoms with Gasteiger partial charge in [-0.15, -0.1) is 11.8 Å². The molecule has 0 aliphatic heterocycles. The Balaban J connectivity index is 2.22. The largest absolute Gasteiger partial charge is 0.417 e. The average Bonchev–Trinajstić information content (AvgIpc) is 2.45. The normalized spacial score (nSPS) is 11.4. The van der Waals surface area contributed by atoms with E-state index in [0.29, 0.717) is 15.7 Å². The highest BCUT2D eigenvalue weighted by atomic mass is 35.5. The van der Waals surface area contributed by atoms with E-state index >= 15 is 0 Å². The molecule has 0 unspecified atom stereocenters. The fourth-order valence-electron chi connectivity index (χ4n) is 1.75. The molecular weight excluding hydrogens is 321 g/mol. The van der Waals surface area contributed by atoms with E-state index in [1.807, 2.05) is 12.1 Å². The Bertz CT molecular complexity index is 656. The second-order valence-electron chi connectivity index (χ2n) is 4.24. The second-order valence-corrected chi connectivity index (χ2v) is 5.70. The lowest BCUT2D eigenvalue weighted by Gasteiger charge is -2.11. The van der Waals surface area contributed by atoms with Crippen molar-refractivity contribution in [3.63, 3.8) is 0 Å². The zero-order valence-electron chi connectivity index (χ0n) is 10.7. The van der Waals surface area contributed by atoms with Crippen LogP contribution >= 0.6 is 23.4 Å². The molecule has 0 fully saturated rings. The van der Waals surface area contributed by atoms with E-state index in [1.165, 1.54) is 23.9 Å². The van der Waals surface area contributed by atoms with Gasteiger partial charge in [0.05, 0.1) is 5.56 Å². The minimum atomic E-state index is -4.54. The lowest BCUT2D eigenvalue weighted by molar-refractivity contribution is -0.138. The molecule has 0 amide bonds. The zero-order chi connectivity index (χ0) is 15.5. The van der Waals surface area contributed by atoms with Crippen LogP contribution in [0.25, 0.3) is 0 Å². The van der Waals surface area contributed by atoms with Crippen LogP contribution < -0.4 is 0 Å². The predicted molar refractivity (Wildman–Crippen MR) is 77.8 cm³/mol. The summed E-state index contributed by atoms with van der Waals surface area (Å²) in [6, 6.07) is 10.8. The molecule has 21 heavy (non-hydrogen) atoms. The van der Waals surface area contributed by atoms with Crippen LogP contribution in [0.1, 0.15) is 21.5 Å². The molecular formula is C15H10ClF3OS. The molecule has 0 N–H and O–H groups in total. The number of carbonyl (C=O) groups is 1. The van der Waals surface area contributed by atoms with Crippen molar-refractivity contribution in [2.24, 2.45) is 0 Å². The van der Waals surface area contributed by atoms with Crippen LogP contribution in [0, 0.1) is 0 Å². The van der Waals surface area contributed by atoms with Crippen LogP contribution in [-0.2, 0) is 11.9 Å². The van der Waals surface area contributed by atoms with Crippen LogP contribution in [-0.4, -0.2) is 6.29 Å². The Morgan fingerprint density at radius 2 is 1.86 bits per heavy atom. The maximum Gasteiger partial charge on any atom is 0.417 e. The molecule has 2 rings (SSSR count). The van der Waals surface area contributed by atoms with Gasteiger partial charge in [0.2, 0.25) is 0 Å². The highest BCUT2D eigenvalue weighted by Gasteiger charge is 2.33. The van der Waals surface area contributed by atoms with Gasteiger partial charge in [-0.1, -0.05) is 29.8 Å². The van der Waals surface area contributed by atoms with Crippen LogP contribution in [0.2, 0.25) is 5.02 Å². The number of hydrogen-bond donors (Lipinski definition) is 0. The van der Waals surface area contributed by atoms with Gasteiger partial charge in [-0.05, 0) is 29.8 Å². The van der Waals surface area contributed by atoms with Crippen molar-refractivity contribution in [1.29, 1.82) is 0 Å². The Hall–Kier alpha value is -1.46. The summed E-state index contributed by atoms with van der Waals surface area (Å²) < 4.78 is 38.6. The zero-order valence-corrected chi connectivity index (χ0v) is 12.2. The predicted octanol–water partition coefficient (Wildman–Crippen LogP) is 5.46. The highest BCUT2D eigenvalue weighted by Crippen LogP contribution is 2.35. The SMILES string of the molecule is O=Cc1ccc(SCc2ccccc2Cl)cc1C(F)(F)F. The molecule has 0 spiro atoms. The molecule has 0 radical (unpaired) electrons. The molecule has 2 aromatic rings. The van der Waals surface area contributed by atoms with E-state index in [1.54, 1.807) is 12.1 Å². The minimum absolute atomic E-state index is 0.214. The number of halogens is 4. The van der Waals surface area contributed by atoms with Gasteiger partial charge in [0, 0.05) is 21.2 Å². The first-order chi connectivity index (χ1) is 9.91. The Morgan fingerprint density at radius 3 is 2.48 bits per heavy atom. The first-order valence-corrected chi connectivity index (χ1v) is 7.31. The molecule has 1 nitrogen and oxygen atoms in total. The molecule has 2 aromatic carbocycles. The van der Waals surface area contributed by atoms with Crippen molar-refractivity contribution in [2.75, 3.05) is 0 Å². The van der Waals surface area contributed by atoms with E-state index in [0.717, 1.165) is 11.6 Å². The van der Waals surface area contributed by atoms with Crippen LogP contribution in [0.4, 0.5) is 13.2 Å². The maximum absolute atomic E-state index is 12.9. The summed E-state index contributed by atoms with van der Waals surface area (Å²) >= 11 is 7.24. The van der Waals surface area contributed by atoms with E-state index < -0.39 is 11.7 Å². The summed E-state index contributed by atoms with van der Waals surface area (Å²) in [5.74, 6) is 0.456. The van der Waals surface area contributed by atoms with Gasteiger partial charge in [0.15, 0.2) is 6.29 Å². The number of rotatable bonds is 4. The number of aldehydes is 1. The smallest absolute Gasteiger partial charge is 0.298 e. The van der Waals surface area contributed by atoms with Gasteiger partial charge in [0.25, 0.3) is 0 Å². The summed E-state index contributed by atoms with van der Waals surface area (Å²) in [6.45, 7) is 0. The molecule has 0 heterocycles. The Kier molecular flexibility index (Phi) is 4.96. The molecule has 0 saturated heterocycles. The number of benzene rings is 2. The first kappa shape index (κ1) is 15.9. The van der Waals surface area contributed by atoms with Crippen molar-refractivity contribution in [3.05, 3.63) is 64.2 Å². The topological polar surface area (TPSA) is 17.1 Å². The van der Waals surface area contributed by atoms with E-state index in [9.17, 15) is 18.0 Å². The lowest BCUT2D eigenvalue weighted by Crippen LogP contribution is -2.08. The monoisotopic (exact) mass is 330 g/mol. The molecule has 0 bridgehead atoms. The molecule has 0 aliphatic carbocycles. The van der Waals surface area contributed by atoms with Gasteiger partial charge in [0.1, 0.15) is 0 Å². The third-order valence-electron chi connectivity index (χ3n) is 2.81. The summed E-state index contributed by atoms with van der Waals surface area (Å²) in [4.78, 5) is 11.1. The molecule has 6 heteroatoms. The van der Waals surface area contributed by atoms with Crippen LogP contribution in [0.3, 0.4) is 0 Å². The Morgan fingerprint density at radius 1 is 1.14 bits per heavy atom. The molecule has 0 saturated carbocycles. The number of hydrogen-bond acceptors (Lipinski definition) is 2. The fourth-order valence-corrected chi connectivity index (χ4v) is 2.97. The summed E-state index contributed by atoms with van der Waals surface area (Å²) in [7, 11) is 0. The number of carbonyl (C=O) groups excluding carboxylic acids is 1. The van der Waals surface area contributed by atoms with Crippen molar-refractivity contribution in [3.8, 4) is 0 Å². The average molecular weight is 331 g/mol. The van der Waals surface area contributed by atoms with E-state index in [-0.39, 0.29) is 11.8 Å². The van der Waals surface area contributed by atoms with Gasteiger partial charge in [-0.3, -0.25) is 4.79 Å². The van der Waals surface area contributed by atoms with Crippen LogP contribution in [0.5, 0.6) is 0 Å². The first-order valence-electron chi connectivity index (χ1n) is 5.94. The molecule has 0 aromatic heterocycles. The number of thioether (sulfide) groups is 1. The quantitative estimate of drug-likeness (QED) is 0.546. The van der Waals surface area contributed by atoms with Crippen molar-refractivity contribution in [2.45, 2.75) is 16.8 Å². The second kappa shape index (κ2) is 6.54. The molecule has 110 valence electrons.